The summed E-state index contributed by atoms with van der Waals surface area (Å²) < 4.78 is 23.6. The van der Waals surface area contributed by atoms with Gasteiger partial charge in [-0.2, -0.15) is 0 Å². The molecule has 0 fully saturated rings. The predicted octanol–water partition coefficient (Wildman–Crippen LogP) is 3.52. The molecule has 0 radical (unpaired) electrons. The zero-order valence-corrected chi connectivity index (χ0v) is 12.7. The van der Waals surface area contributed by atoms with E-state index in [0.717, 1.165) is 0 Å². The van der Waals surface area contributed by atoms with E-state index in [-0.39, 0.29) is 22.1 Å². The third-order valence-electron chi connectivity index (χ3n) is 2.60. The lowest BCUT2D eigenvalue weighted by atomic mass is 10.1. The molecule has 1 rings (SSSR count). The molecule has 1 aromatic carbocycles. The van der Waals surface area contributed by atoms with Crippen molar-refractivity contribution in [1.82, 2.24) is 0 Å². The van der Waals surface area contributed by atoms with Crippen molar-refractivity contribution in [3.63, 3.8) is 0 Å². The van der Waals surface area contributed by atoms with Crippen molar-refractivity contribution in [3.8, 4) is 0 Å². The molecule has 0 aliphatic rings. The monoisotopic (exact) mass is 308 g/mol. The van der Waals surface area contributed by atoms with Gasteiger partial charge in [0.15, 0.2) is 9.84 Å². The Labute approximate surface area is 117 Å². The van der Waals surface area contributed by atoms with Crippen LogP contribution >= 0.6 is 23.2 Å². The Hall–Kier alpha value is -0.580. The number of carbonyl (C=O) groups is 1. The average molecular weight is 309 g/mol. The second-order valence-corrected chi connectivity index (χ2v) is 8.12. The number of ketones is 1. The van der Waals surface area contributed by atoms with Crippen molar-refractivity contribution >= 4 is 38.8 Å². The van der Waals surface area contributed by atoms with E-state index in [4.69, 9.17) is 23.2 Å². The lowest BCUT2D eigenvalue weighted by molar-refractivity contribution is -0.117. The van der Waals surface area contributed by atoms with Crippen LogP contribution in [0.4, 0.5) is 0 Å². The van der Waals surface area contributed by atoms with Crippen molar-refractivity contribution in [3.05, 3.63) is 28.2 Å². The Bertz CT molecular complexity index is 577. The highest BCUT2D eigenvalue weighted by molar-refractivity contribution is 7.92. The topological polar surface area (TPSA) is 51.2 Å². The van der Waals surface area contributed by atoms with Crippen LogP contribution in [-0.2, 0) is 14.6 Å². The van der Waals surface area contributed by atoms with Crippen molar-refractivity contribution in [2.45, 2.75) is 36.8 Å². The first kappa shape index (κ1) is 15.5. The molecule has 0 amide bonds. The van der Waals surface area contributed by atoms with Gasteiger partial charge in [0.1, 0.15) is 5.78 Å². The average Bonchev–Trinajstić information content (AvgIpc) is 2.19. The minimum Gasteiger partial charge on any atom is -0.300 e. The normalized spacial score (nSPS) is 12.5. The molecule has 0 aliphatic carbocycles. The highest BCUT2D eigenvalue weighted by Gasteiger charge is 2.37. The Morgan fingerprint density at radius 3 is 2.22 bits per heavy atom. The Morgan fingerprint density at radius 1 is 1.22 bits per heavy atom. The minimum absolute atomic E-state index is 0.0461. The maximum absolute atomic E-state index is 12.4. The van der Waals surface area contributed by atoms with Gasteiger partial charge in [0, 0.05) is 6.42 Å². The maximum atomic E-state index is 12.4. The largest absolute Gasteiger partial charge is 0.300 e. The lowest BCUT2D eigenvalue weighted by Gasteiger charge is -2.23. The summed E-state index contributed by atoms with van der Waals surface area (Å²) in [6, 6.07) is 4.13. The molecule has 18 heavy (non-hydrogen) atoms. The molecular weight excluding hydrogens is 295 g/mol. The molecule has 1 aromatic rings. The zero-order chi connectivity index (χ0) is 14.1. The summed E-state index contributed by atoms with van der Waals surface area (Å²) in [6.07, 6.45) is -0.0461. The summed E-state index contributed by atoms with van der Waals surface area (Å²) in [5.74, 6) is -0.177. The van der Waals surface area contributed by atoms with Crippen molar-refractivity contribution in [2.24, 2.45) is 0 Å². The van der Waals surface area contributed by atoms with Crippen LogP contribution in [0.3, 0.4) is 0 Å². The first-order valence-electron chi connectivity index (χ1n) is 5.27. The Balaban J connectivity index is 3.29. The number of sulfone groups is 1. The number of Topliss-reactive ketones (excluding diaryl/α,β-unsaturated/α-hetero) is 1. The maximum Gasteiger partial charge on any atom is 0.184 e. The number of rotatable bonds is 4. The van der Waals surface area contributed by atoms with Crippen molar-refractivity contribution in [2.75, 3.05) is 0 Å². The van der Waals surface area contributed by atoms with Gasteiger partial charge in [-0.1, -0.05) is 23.2 Å². The van der Waals surface area contributed by atoms with Gasteiger partial charge < -0.3 is 0 Å². The van der Waals surface area contributed by atoms with Gasteiger partial charge in [0.2, 0.25) is 0 Å². The third-order valence-corrected chi connectivity index (χ3v) is 5.82. The van der Waals surface area contributed by atoms with E-state index in [9.17, 15) is 13.2 Å². The fourth-order valence-electron chi connectivity index (χ4n) is 1.66. The van der Waals surface area contributed by atoms with E-state index in [2.05, 4.69) is 0 Å². The molecule has 0 unspecified atom stereocenters. The summed E-state index contributed by atoms with van der Waals surface area (Å²) in [6.45, 7) is 4.41. The SMILES string of the molecule is CC(=O)CC(C)(C)S(=O)(=O)c1ccc(Cl)c(Cl)c1. The number of hydrogen-bond acceptors (Lipinski definition) is 3. The van der Waals surface area contributed by atoms with Crippen LogP contribution in [0.15, 0.2) is 23.1 Å². The zero-order valence-electron chi connectivity index (χ0n) is 10.3. The van der Waals surface area contributed by atoms with Gasteiger partial charge in [-0.3, -0.25) is 4.79 Å². The first-order valence-corrected chi connectivity index (χ1v) is 7.51. The number of halogens is 2. The van der Waals surface area contributed by atoms with Gasteiger partial charge in [0.25, 0.3) is 0 Å². The molecule has 0 heterocycles. The molecule has 0 spiro atoms. The molecular formula is C12H14Cl2O3S. The molecule has 0 bridgehead atoms. The molecule has 0 aliphatic heterocycles. The molecule has 0 aromatic heterocycles. The molecule has 100 valence electrons. The minimum atomic E-state index is -3.64. The fourth-order valence-corrected chi connectivity index (χ4v) is 3.57. The smallest absolute Gasteiger partial charge is 0.184 e. The van der Waals surface area contributed by atoms with Crippen LogP contribution < -0.4 is 0 Å². The second kappa shape index (κ2) is 5.19. The Morgan fingerprint density at radius 2 is 1.78 bits per heavy atom. The van der Waals surface area contributed by atoms with Gasteiger partial charge in [-0.15, -0.1) is 0 Å². The van der Waals surface area contributed by atoms with Crippen LogP contribution in [0.1, 0.15) is 27.2 Å². The summed E-state index contributed by atoms with van der Waals surface area (Å²) in [4.78, 5) is 11.2. The molecule has 0 saturated heterocycles. The number of benzene rings is 1. The van der Waals surface area contributed by atoms with E-state index in [1.54, 1.807) is 0 Å². The third kappa shape index (κ3) is 3.05. The number of hydrogen-bond donors (Lipinski definition) is 0. The fraction of sp³-hybridized carbons (Fsp3) is 0.417. The first-order chi connectivity index (χ1) is 8.08. The van der Waals surface area contributed by atoms with E-state index in [1.165, 1.54) is 39.0 Å². The highest BCUT2D eigenvalue weighted by atomic mass is 35.5. The van der Waals surface area contributed by atoms with Crippen LogP contribution in [0.5, 0.6) is 0 Å². The highest BCUT2D eigenvalue weighted by Crippen LogP contribution is 2.32. The van der Waals surface area contributed by atoms with E-state index < -0.39 is 14.6 Å². The van der Waals surface area contributed by atoms with Crippen LogP contribution in [-0.4, -0.2) is 18.9 Å². The van der Waals surface area contributed by atoms with Crippen LogP contribution in [0.2, 0.25) is 10.0 Å². The molecule has 0 saturated carbocycles. The Kier molecular flexibility index (Phi) is 4.47. The quantitative estimate of drug-likeness (QED) is 0.855. The molecule has 0 N–H and O–H groups in total. The van der Waals surface area contributed by atoms with E-state index in [0.29, 0.717) is 5.02 Å². The molecule has 3 nitrogen and oxygen atoms in total. The van der Waals surface area contributed by atoms with Crippen LogP contribution in [0, 0.1) is 0 Å². The standard InChI is InChI=1S/C12H14Cl2O3S/c1-8(15)7-12(2,3)18(16,17)9-4-5-10(13)11(14)6-9/h4-6H,7H2,1-3H3. The summed E-state index contributed by atoms with van der Waals surface area (Å²) in [5.41, 5.74) is 0. The van der Waals surface area contributed by atoms with E-state index >= 15 is 0 Å². The molecule has 0 atom stereocenters. The van der Waals surface area contributed by atoms with E-state index in [1.807, 2.05) is 0 Å². The van der Waals surface area contributed by atoms with Crippen molar-refractivity contribution in [1.29, 1.82) is 0 Å². The van der Waals surface area contributed by atoms with Gasteiger partial charge >= 0.3 is 0 Å². The second-order valence-electron chi connectivity index (χ2n) is 4.72. The predicted molar refractivity (Wildman–Crippen MR) is 73.0 cm³/mol. The van der Waals surface area contributed by atoms with Gasteiger partial charge in [-0.25, -0.2) is 8.42 Å². The number of carbonyl (C=O) groups excluding carboxylic acids is 1. The summed E-state index contributed by atoms with van der Waals surface area (Å²) in [5, 5.41) is 0.469. The van der Waals surface area contributed by atoms with Crippen LogP contribution in [0.25, 0.3) is 0 Å². The summed E-state index contributed by atoms with van der Waals surface area (Å²) >= 11 is 11.6. The van der Waals surface area contributed by atoms with Gasteiger partial charge in [-0.05, 0) is 39.0 Å². The van der Waals surface area contributed by atoms with Crippen molar-refractivity contribution < 1.29 is 13.2 Å². The molecule has 6 heteroatoms. The van der Waals surface area contributed by atoms with Gasteiger partial charge in [0.05, 0.1) is 19.7 Å². The lowest BCUT2D eigenvalue weighted by Crippen LogP contribution is -2.34. The summed E-state index contributed by atoms with van der Waals surface area (Å²) in [7, 11) is -3.64.